The largest absolute Gasteiger partial charge is 0.320 e. The summed E-state index contributed by atoms with van der Waals surface area (Å²) in [5.41, 5.74) is 1.47. The van der Waals surface area contributed by atoms with Crippen molar-refractivity contribution in [2.45, 2.75) is 0 Å². The van der Waals surface area contributed by atoms with Crippen molar-refractivity contribution in [3.05, 3.63) is 33.9 Å². The van der Waals surface area contributed by atoms with Gasteiger partial charge in [0.05, 0.1) is 10.5 Å². The fraction of sp³-hybridized carbons (Fsp3) is 0.182. The summed E-state index contributed by atoms with van der Waals surface area (Å²) in [5.74, 6) is 3.30. The number of hydrogen-bond donors (Lipinski definition) is 3. The molecule has 1 aliphatic heterocycles. The zero-order chi connectivity index (χ0) is 15.6. The van der Waals surface area contributed by atoms with Crippen molar-refractivity contribution in [2.75, 3.05) is 18.5 Å². The van der Waals surface area contributed by atoms with Gasteiger partial charge in [0.25, 0.3) is 11.6 Å². The average molecular weight is 293 g/mol. The minimum absolute atomic E-state index is 0.0887. The number of para-hydroxylation sites is 1. The number of nitrogens with one attached hydrogen (secondary N) is 2. The number of nitro groups is 1. The molecule has 1 aliphatic rings. The van der Waals surface area contributed by atoms with Crippen molar-refractivity contribution >= 4 is 29.1 Å². The number of benzene rings is 1. The number of nitro benzene ring substituents is 1. The van der Waals surface area contributed by atoms with Crippen LogP contribution < -0.4 is 16.6 Å². The molecule has 1 aromatic carbocycles. The topological polar surface area (TPSA) is 148 Å². The first kappa shape index (κ1) is 14.4. The lowest BCUT2D eigenvalue weighted by Gasteiger charge is -2.26. The summed E-state index contributed by atoms with van der Waals surface area (Å²) in [6.45, 7) is -0.617. The number of rotatable bonds is 3. The minimum Gasteiger partial charge on any atom is -0.320 e. The first-order valence-electron chi connectivity index (χ1n) is 5.80. The van der Waals surface area contributed by atoms with E-state index in [0.29, 0.717) is 0 Å². The van der Waals surface area contributed by atoms with Gasteiger partial charge in [0.15, 0.2) is 0 Å². The second-order valence-corrected chi connectivity index (χ2v) is 4.23. The zero-order valence-corrected chi connectivity index (χ0v) is 10.7. The van der Waals surface area contributed by atoms with Crippen LogP contribution in [0.5, 0.6) is 0 Å². The number of nitrogens with two attached hydrogens (primary N) is 1. The van der Waals surface area contributed by atoms with Gasteiger partial charge >= 0.3 is 0 Å². The lowest BCUT2D eigenvalue weighted by molar-refractivity contribution is -0.384. The van der Waals surface area contributed by atoms with Crippen LogP contribution in [0.4, 0.5) is 11.4 Å². The third-order valence-electron chi connectivity index (χ3n) is 2.85. The molecule has 4 N–H and O–H groups in total. The molecule has 0 saturated carbocycles. The number of anilines is 1. The van der Waals surface area contributed by atoms with Crippen LogP contribution in [0, 0.1) is 10.1 Å². The van der Waals surface area contributed by atoms with E-state index in [4.69, 9.17) is 5.84 Å². The van der Waals surface area contributed by atoms with Crippen LogP contribution >= 0.6 is 0 Å². The molecule has 1 saturated heterocycles. The number of hydrazine groups is 1. The molecule has 2 rings (SSSR count). The highest BCUT2D eigenvalue weighted by Gasteiger charge is 2.30. The summed E-state index contributed by atoms with van der Waals surface area (Å²) >= 11 is 0. The molecular formula is C11H11N5O5. The van der Waals surface area contributed by atoms with Gasteiger partial charge in [-0.3, -0.25) is 35.7 Å². The Balaban J connectivity index is 2.39. The number of nitrogen functional groups attached to an aromatic ring is 1. The third-order valence-corrected chi connectivity index (χ3v) is 2.85. The highest BCUT2D eigenvalue weighted by Crippen LogP contribution is 2.28. The van der Waals surface area contributed by atoms with Crippen LogP contribution in [0.25, 0.3) is 0 Å². The molecule has 10 heteroatoms. The number of amides is 3. The summed E-state index contributed by atoms with van der Waals surface area (Å²) in [7, 11) is 0. The smallest absolute Gasteiger partial charge is 0.294 e. The molecule has 1 aromatic rings. The van der Waals surface area contributed by atoms with Gasteiger partial charge in [0.1, 0.15) is 18.8 Å². The molecule has 110 valence electrons. The van der Waals surface area contributed by atoms with E-state index in [0.717, 1.165) is 4.90 Å². The molecule has 0 unspecified atom stereocenters. The van der Waals surface area contributed by atoms with Gasteiger partial charge in [0, 0.05) is 6.07 Å². The maximum Gasteiger partial charge on any atom is 0.294 e. The van der Waals surface area contributed by atoms with Crippen molar-refractivity contribution in [3.63, 3.8) is 0 Å². The van der Waals surface area contributed by atoms with E-state index in [-0.39, 0.29) is 30.0 Å². The fourth-order valence-corrected chi connectivity index (χ4v) is 1.97. The Morgan fingerprint density at radius 3 is 2.48 bits per heavy atom. The lowest BCUT2D eigenvalue weighted by atomic mass is 10.1. The highest BCUT2D eigenvalue weighted by atomic mass is 16.6. The Bertz CT molecular complexity index is 628. The molecular weight excluding hydrogens is 282 g/mol. The molecule has 0 aromatic heterocycles. The van der Waals surface area contributed by atoms with Crippen molar-refractivity contribution in [1.29, 1.82) is 0 Å². The summed E-state index contributed by atoms with van der Waals surface area (Å²) in [5, 5.41) is 13.0. The molecule has 1 fully saturated rings. The van der Waals surface area contributed by atoms with E-state index >= 15 is 0 Å². The number of piperazine rings is 1. The van der Waals surface area contributed by atoms with E-state index in [2.05, 4.69) is 10.7 Å². The van der Waals surface area contributed by atoms with Crippen LogP contribution in [-0.2, 0) is 9.59 Å². The van der Waals surface area contributed by atoms with Crippen LogP contribution in [-0.4, -0.2) is 40.6 Å². The maximum absolute atomic E-state index is 12.3. The van der Waals surface area contributed by atoms with Crippen molar-refractivity contribution in [3.8, 4) is 0 Å². The summed E-state index contributed by atoms with van der Waals surface area (Å²) in [6.07, 6.45) is 0. The van der Waals surface area contributed by atoms with Gasteiger partial charge in [0.2, 0.25) is 11.8 Å². The fourth-order valence-electron chi connectivity index (χ4n) is 1.97. The van der Waals surface area contributed by atoms with E-state index < -0.39 is 22.6 Å². The molecule has 0 aliphatic carbocycles. The first-order valence-corrected chi connectivity index (χ1v) is 5.80. The summed E-state index contributed by atoms with van der Waals surface area (Å²) in [6, 6.07) is 3.82. The number of imide groups is 1. The van der Waals surface area contributed by atoms with Crippen molar-refractivity contribution in [2.24, 2.45) is 5.84 Å². The Kier molecular flexibility index (Phi) is 3.80. The predicted octanol–water partition coefficient (Wildman–Crippen LogP) is -1.02. The molecule has 3 amide bonds. The standard InChI is InChI=1S/C11H11N5O5/c12-14-10-6(2-1-3-7(10)16(20)21)11(19)15-4-8(17)13-9(18)5-15/h1-3,14H,4-5,12H2,(H,13,17,18). The van der Waals surface area contributed by atoms with E-state index in [9.17, 15) is 24.5 Å². The van der Waals surface area contributed by atoms with Gasteiger partial charge in [-0.25, -0.2) is 0 Å². The second kappa shape index (κ2) is 5.54. The molecule has 21 heavy (non-hydrogen) atoms. The van der Waals surface area contributed by atoms with Crippen LogP contribution in [0.1, 0.15) is 10.4 Å². The zero-order valence-electron chi connectivity index (χ0n) is 10.7. The third kappa shape index (κ3) is 2.79. The highest BCUT2D eigenvalue weighted by molar-refractivity contribution is 6.08. The number of nitrogens with zero attached hydrogens (tertiary/aromatic N) is 2. The monoisotopic (exact) mass is 293 g/mol. The molecule has 0 spiro atoms. The van der Waals surface area contributed by atoms with Crippen LogP contribution in [0.3, 0.4) is 0 Å². The van der Waals surface area contributed by atoms with E-state index in [1.165, 1.54) is 18.2 Å². The summed E-state index contributed by atoms with van der Waals surface area (Å²) in [4.78, 5) is 46.1. The van der Waals surface area contributed by atoms with Crippen molar-refractivity contribution < 1.29 is 19.3 Å². The predicted molar refractivity (Wildman–Crippen MR) is 70.0 cm³/mol. The minimum atomic E-state index is -0.699. The second-order valence-electron chi connectivity index (χ2n) is 4.23. The Labute approximate surface area is 118 Å². The van der Waals surface area contributed by atoms with Gasteiger partial charge in [-0.15, -0.1) is 0 Å². The Morgan fingerprint density at radius 1 is 1.33 bits per heavy atom. The van der Waals surface area contributed by atoms with E-state index in [1.54, 1.807) is 0 Å². The quantitative estimate of drug-likeness (QED) is 0.279. The molecule has 0 atom stereocenters. The van der Waals surface area contributed by atoms with Gasteiger partial charge < -0.3 is 10.3 Å². The average Bonchev–Trinajstić information content (AvgIpc) is 2.44. The van der Waals surface area contributed by atoms with E-state index in [1.807, 2.05) is 0 Å². The molecule has 1 heterocycles. The van der Waals surface area contributed by atoms with Crippen LogP contribution in [0.2, 0.25) is 0 Å². The molecule has 0 bridgehead atoms. The number of carbonyl (C=O) groups is 3. The molecule has 10 nitrogen and oxygen atoms in total. The number of carbonyl (C=O) groups excluding carboxylic acids is 3. The SMILES string of the molecule is NNc1c(C(=O)N2CC(=O)NC(=O)C2)cccc1[N+](=O)[O-]. The Morgan fingerprint density at radius 2 is 1.95 bits per heavy atom. The van der Waals surface area contributed by atoms with Crippen LogP contribution in [0.15, 0.2) is 18.2 Å². The lowest BCUT2D eigenvalue weighted by Crippen LogP contribution is -2.53. The van der Waals surface area contributed by atoms with Crippen molar-refractivity contribution in [1.82, 2.24) is 10.2 Å². The maximum atomic E-state index is 12.3. The first-order chi connectivity index (χ1) is 9.93. The van der Waals surface area contributed by atoms with Gasteiger partial charge in [-0.05, 0) is 6.07 Å². The van der Waals surface area contributed by atoms with Gasteiger partial charge in [-0.1, -0.05) is 6.07 Å². The van der Waals surface area contributed by atoms with Gasteiger partial charge in [-0.2, -0.15) is 0 Å². The Hall–Kier alpha value is -3.01. The summed E-state index contributed by atoms with van der Waals surface area (Å²) < 4.78 is 0. The normalized spacial score (nSPS) is 14.6. The number of hydrogen-bond acceptors (Lipinski definition) is 7. The molecule has 0 radical (unpaired) electrons.